The van der Waals surface area contributed by atoms with E-state index < -0.39 is 0 Å². The van der Waals surface area contributed by atoms with Crippen molar-refractivity contribution in [2.75, 3.05) is 7.11 Å². The summed E-state index contributed by atoms with van der Waals surface area (Å²) < 4.78 is 5.48. The Morgan fingerprint density at radius 3 is 2.59 bits per heavy atom. The Hall–Kier alpha value is -1.16. The van der Waals surface area contributed by atoms with Gasteiger partial charge in [0, 0.05) is 19.1 Å². The Kier molecular flexibility index (Phi) is 3.08. The zero-order valence-electron chi connectivity index (χ0n) is 10.9. The third-order valence-electron chi connectivity index (χ3n) is 3.05. The normalized spacial score (nSPS) is 18.1. The molecule has 1 aliphatic carbocycles. The molecule has 1 heterocycles. The van der Waals surface area contributed by atoms with Gasteiger partial charge in [0.25, 0.3) is 5.56 Å². The Morgan fingerprint density at radius 1 is 1.47 bits per heavy atom. The standard InChI is InChI=1S/C13H20N2O2/c1-13(2,3)11(17-4)12-14-9(8-5-6-8)7-10(16)15-12/h7-8,11H,5-6H2,1-4H3,(H,14,15,16). The second kappa shape index (κ2) is 4.26. The summed E-state index contributed by atoms with van der Waals surface area (Å²) >= 11 is 0. The molecular formula is C13H20N2O2. The van der Waals surface area contributed by atoms with Crippen molar-refractivity contribution in [3.63, 3.8) is 0 Å². The van der Waals surface area contributed by atoms with Gasteiger partial charge in [-0.2, -0.15) is 0 Å². The lowest BCUT2D eigenvalue weighted by Crippen LogP contribution is -2.25. The second-order valence-corrected chi connectivity index (χ2v) is 5.81. The van der Waals surface area contributed by atoms with Crippen molar-refractivity contribution in [2.45, 2.75) is 45.6 Å². The number of nitrogens with zero attached hydrogens (tertiary/aromatic N) is 1. The summed E-state index contributed by atoms with van der Waals surface area (Å²) in [5.74, 6) is 1.13. The highest BCUT2D eigenvalue weighted by molar-refractivity contribution is 5.15. The molecule has 2 rings (SSSR count). The van der Waals surface area contributed by atoms with Crippen molar-refractivity contribution in [1.29, 1.82) is 0 Å². The molecule has 1 saturated carbocycles. The Bertz CT molecular complexity index is 455. The van der Waals surface area contributed by atoms with Gasteiger partial charge in [-0.25, -0.2) is 4.98 Å². The van der Waals surface area contributed by atoms with Gasteiger partial charge >= 0.3 is 0 Å². The van der Waals surface area contributed by atoms with Gasteiger partial charge in [0.1, 0.15) is 11.9 Å². The van der Waals surface area contributed by atoms with E-state index in [1.165, 1.54) is 0 Å². The van der Waals surface area contributed by atoms with Crippen molar-refractivity contribution >= 4 is 0 Å². The molecule has 0 aromatic carbocycles. The van der Waals surface area contributed by atoms with E-state index in [-0.39, 0.29) is 17.1 Å². The van der Waals surface area contributed by atoms with Gasteiger partial charge in [0.2, 0.25) is 0 Å². The monoisotopic (exact) mass is 236 g/mol. The molecule has 94 valence electrons. The van der Waals surface area contributed by atoms with Crippen LogP contribution in [0.3, 0.4) is 0 Å². The lowest BCUT2D eigenvalue weighted by atomic mass is 9.88. The summed E-state index contributed by atoms with van der Waals surface area (Å²) in [7, 11) is 1.65. The van der Waals surface area contributed by atoms with Crippen LogP contribution in [-0.2, 0) is 4.74 Å². The van der Waals surface area contributed by atoms with Gasteiger partial charge in [-0.05, 0) is 18.3 Å². The summed E-state index contributed by atoms with van der Waals surface area (Å²) in [4.78, 5) is 19.0. The topological polar surface area (TPSA) is 55.0 Å². The van der Waals surface area contributed by atoms with Crippen LogP contribution in [0.4, 0.5) is 0 Å². The number of hydrogen-bond acceptors (Lipinski definition) is 3. The molecule has 0 saturated heterocycles. The Labute approximate surface area is 101 Å². The van der Waals surface area contributed by atoms with Crippen LogP contribution in [-0.4, -0.2) is 17.1 Å². The molecule has 4 nitrogen and oxygen atoms in total. The maximum atomic E-state index is 11.6. The van der Waals surface area contributed by atoms with Gasteiger partial charge in [-0.3, -0.25) is 4.79 Å². The van der Waals surface area contributed by atoms with Crippen LogP contribution in [0.15, 0.2) is 10.9 Å². The highest BCUT2D eigenvalue weighted by atomic mass is 16.5. The molecule has 4 heteroatoms. The number of hydrogen-bond donors (Lipinski definition) is 1. The molecule has 1 aliphatic rings. The minimum atomic E-state index is -0.186. The summed E-state index contributed by atoms with van der Waals surface area (Å²) in [6, 6.07) is 1.61. The third kappa shape index (κ3) is 2.75. The zero-order chi connectivity index (χ0) is 12.6. The van der Waals surface area contributed by atoms with Gasteiger partial charge in [0.05, 0.1) is 5.69 Å². The van der Waals surface area contributed by atoms with Crippen LogP contribution in [0, 0.1) is 5.41 Å². The summed E-state index contributed by atoms with van der Waals surface area (Å²) in [6.45, 7) is 6.22. The SMILES string of the molecule is COC(c1nc(C2CC2)cc(=O)[nH]1)C(C)(C)C. The first kappa shape index (κ1) is 12.3. The predicted molar refractivity (Wildman–Crippen MR) is 66.0 cm³/mol. The third-order valence-corrected chi connectivity index (χ3v) is 3.05. The number of nitrogens with one attached hydrogen (secondary N) is 1. The first-order valence-electron chi connectivity index (χ1n) is 6.06. The van der Waals surface area contributed by atoms with E-state index in [1.54, 1.807) is 13.2 Å². The van der Waals surface area contributed by atoms with E-state index in [0.29, 0.717) is 11.7 Å². The molecular weight excluding hydrogens is 216 g/mol. The molecule has 0 radical (unpaired) electrons. The van der Waals surface area contributed by atoms with Crippen LogP contribution in [0.2, 0.25) is 0 Å². The van der Waals surface area contributed by atoms with Crippen molar-refractivity contribution in [2.24, 2.45) is 5.41 Å². The molecule has 1 aromatic rings. The molecule has 0 amide bonds. The number of aromatic amines is 1. The second-order valence-electron chi connectivity index (χ2n) is 5.81. The lowest BCUT2D eigenvalue weighted by molar-refractivity contribution is 0.00833. The molecule has 0 spiro atoms. The number of rotatable bonds is 3. The number of ether oxygens (including phenoxy) is 1. The summed E-state index contributed by atoms with van der Waals surface area (Å²) in [5, 5.41) is 0. The number of methoxy groups -OCH3 is 1. The van der Waals surface area contributed by atoms with Crippen LogP contribution < -0.4 is 5.56 Å². The number of aromatic nitrogens is 2. The molecule has 1 atom stereocenters. The van der Waals surface area contributed by atoms with Crippen LogP contribution in [0.25, 0.3) is 0 Å². The quantitative estimate of drug-likeness (QED) is 0.876. The van der Waals surface area contributed by atoms with E-state index >= 15 is 0 Å². The van der Waals surface area contributed by atoms with Crippen molar-refractivity contribution in [3.8, 4) is 0 Å². The summed E-state index contributed by atoms with van der Waals surface area (Å²) in [6.07, 6.45) is 2.10. The zero-order valence-corrected chi connectivity index (χ0v) is 10.9. The molecule has 0 bridgehead atoms. The first-order valence-corrected chi connectivity index (χ1v) is 6.06. The van der Waals surface area contributed by atoms with Crippen molar-refractivity contribution in [3.05, 3.63) is 27.9 Å². The van der Waals surface area contributed by atoms with Crippen LogP contribution in [0.1, 0.15) is 57.2 Å². The van der Waals surface area contributed by atoms with E-state index in [9.17, 15) is 4.79 Å². The van der Waals surface area contributed by atoms with E-state index in [0.717, 1.165) is 18.5 Å². The fourth-order valence-corrected chi connectivity index (χ4v) is 2.08. The highest BCUT2D eigenvalue weighted by Crippen LogP contribution is 2.39. The minimum absolute atomic E-state index is 0.0804. The molecule has 17 heavy (non-hydrogen) atoms. The molecule has 1 unspecified atom stereocenters. The largest absolute Gasteiger partial charge is 0.373 e. The van der Waals surface area contributed by atoms with E-state index in [1.807, 2.05) is 0 Å². The number of H-pyrrole nitrogens is 1. The smallest absolute Gasteiger partial charge is 0.251 e. The maximum absolute atomic E-state index is 11.6. The van der Waals surface area contributed by atoms with Gasteiger partial charge in [-0.1, -0.05) is 20.8 Å². The highest BCUT2D eigenvalue weighted by Gasteiger charge is 2.31. The Morgan fingerprint density at radius 2 is 2.12 bits per heavy atom. The Balaban J connectivity index is 2.39. The maximum Gasteiger partial charge on any atom is 0.251 e. The van der Waals surface area contributed by atoms with Gasteiger partial charge < -0.3 is 9.72 Å². The summed E-state index contributed by atoms with van der Waals surface area (Å²) in [5.41, 5.74) is 0.741. The molecule has 1 N–H and O–H groups in total. The lowest BCUT2D eigenvalue weighted by Gasteiger charge is -2.28. The fraction of sp³-hybridized carbons (Fsp3) is 0.692. The van der Waals surface area contributed by atoms with E-state index in [4.69, 9.17) is 4.74 Å². The predicted octanol–water partition coefficient (Wildman–Crippen LogP) is 2.38. The van der Waals surface area contributed by atoms with Crippen molar-refractivity contribution < 1.29 is 4.74 Å². The van der Waals surface area contributed by atoms with Crippen molar-refractivity contribution in [1.82, 2.24) is 9.97 Å². The van der Waals surface area contributed by atoms with Crippen LogP contribution in [0.5, 0.6) is 0 Å². The molecule has 1 aromatic heterocycles. The fourth-order valence-electron chi connectivity index (χ4n) is 2.08. The van der Waals surface area contributed by atoms with Gasteiger partial charge in [0.15, 0.2) is 0 Å². The molecule has 1 fully saturated rings. The average molecular weight is 236 g/mol. The van der Waals surface area contributed by atoms with Gasteiger partial charge in [-0.15, -0.1) is 0 Å². The molecule has 0 aliphatic heterocycles. The minimum Gasteiger partial charge on any atom is -0.373 e. The van der Waals surface area contributed by atoms with E-state index in [2.05, 4.69) is 30.7 Å². The first-order chi connectivity index (χ1) is 7.91. The average Bonchev–Trinajstić information content (AvgIpc) is 2.98. The van der Waals surface area contributed by atoms with Crippen LogP contribution >= 0.6 is 0 Å².